The molecule has 0 spiro atoms. The Labute approximate surface area is 124 Å². The normalized spacial score (nSPS) is 10.9. The highest BCUT2D eigenvalue weighted by Gasteiger charge is 2.08. The molecule has 0 fully saturated rings. The van der Waals surface area contributed by atoms with E-state index in [9.17, 15) is 8.78 Å². The van der Waals surface area contributed by atoms with Crippen molar-refractivity contribution < 1.29 is 13.9 Å². The van der Waals surface area contributed by atoms with Crippen LogP contribution in [0.4, 0.5) is 8.78 Å². The number of phenolic OH excluding ortho intramolecular Hbond substituents is 1. The van der Waals surface area contributed by atoms with Crippen molar-refractivity contribution in [3.05, 3.63) is 40.9 Å². The van der Waals surface area contributed by atoms with Gasteiger partial charge < -0.3 is 10.4 Å². The monoisotopic (exact) mass is 316 g/mol. The van der Waals surface area contributed by atoms with Crippen molar-refractivity contribution in [3.8, 4) is 5.75 Å². The van der Waals surface area contributed by atoms with Gasteiger partial charge in [0.1, 0.15) is 4.34 Å². The van der Waals surface area contributed by atoms with E-state index in [-0.39, 0.29) is 0 Å². The van der Waals surface area contributed by atoms with E-state index < -0.39 is 17.4 Å². The summed E-state index contributed by atoms with van der Waals surface area (Å²) in [6, 6.07) is 2.27. The van der Waals surface area contributed by atoms with Crippen molar-refractivity contribution >= 4 is 23.1 Å². The molecule has 0 aliphatic carbocycles. The molecule has 0 radical (unpaired) electrons. The van der Waals surface area contributed by atoms with Crippen molar-refractivity contribution in [3.63, 3.8) is 0 Å². The molecule has 1 heterocycles. The number of hydrogen-bond acceptors (Lipinski definition) is 5. The molecule has 2 aromatic rings. The lowest BCUT2D eigenvalue weighted by Gasteiger charge is -2.06. The van der Waals surface area contributed by atoms with Gasteiger partial charge in [0.25, 0.3) is 0 Å². The maximum atomic E-state index is 13.1. The van der Waals surface area contributed by atoms with E-state index in [1.807, 2.05) is 5.38 Å². The van der Waals surface area contributed by atoms with E-state index >= 15 is 0 Å². The van der Waals surface area contributed by atoms with Crippen molar-refractivity contribution in [2.45, 2.75) is 17.3 Å². The Hall–Kier alpha value is -1.18. The number of nitrogens with zero attached hydrogens (tertiary/aromatic N) is 1. The molecule has 2 N–H and O–H groups in total. The zero-order chi connectivity index (χ0) is 14.4. The second-order valence-electron chi connectivity index (χ2n) is 4.08. The lowest BCUT2D eigenvalue weighted by molar-refractivity contribution is 0.395. The number of nitrogens with one attached hydrogen (secondary N) is 1. The fourth-order valence-corrected chi connectivity index (χ4v) is 3.24. The standard InChI is InChI=1S/C13H14F2N2OS2/c14-10-6-9(7-11(15)12(10)18)8-16-2-1-4-19-13-17-3-5-20-13/h3,5-7,16,18H,1-2,4,8H2. The minimum atomic E-state index is -0.930. The first-order valence-electron chi connectivity index (χ1n) is 6.06. The van der Waals surface area contributed by atoms with E-state index in [4.69, 9.17) is 5.11 Å². The van der Waals surface area contributed by atoms with Crippen molar-refractivity contribution in [1.82, 2.24) is 10.3 Å². The third-order valence-electron chi connectivity index (χ3n) is 2.54. The third-order valence-corrected chi connectivity index (χ3v) is 4.59. The van der Waals surface area contributed by atoms with E-state index in [2.05, 4.69) is 10.3 Å². The molecule has 0 bridgehead atoms. The summed E-state index contributed by atoms with van der Waals surface area (Å²) in [5.41, 5.74) is 0.477. The SMILES string of the molecule is Oc1c(F)cc(CNCCCSc2nccs2)cc1F. The summed E-state index contributed by atoms with van der Waals surface area (Å²) >= 11 is 3.31. The van der Waals surface area contributed by atoms with Gasteiger partial charge in [0.15, 0.2) is 17.4 Å². The zero-order valence-corrected chi connectivity index (χ0v) is 12.2. The number of thioether (sulfide) groups is 1. The van der Waals surface area contributed by atoms with Gasteiger partial charge in [-0.15, -0.1) is 11.3 Å². The Balaban J connectivity index is 1.66. The lowest BCUT2D eigenvalue weighted by atomic mass is 10.2. The van der Waals surface area contributed by atoms with Gasteiger partial charge in [-0.2, -0.15) is 0 Å². The van der Waals surface area contributed by atoms with E-state index in [1.54, 1.807) is 29.3 Å². The van der Waals surface area contributed by atoms with Gasteiger partial charge in [-0.1, -0.05) is 11.8 Å². The largest absolute Gasteiger partial charge is 0.503 e. The molecule has 7 heteroatoms. The van der Waals surface area contributed by atoms with E-state index in [0.29, 0.717) is 12.1 Å². The van der Waals surface area contributed by atoms with Crippen LogP contribution < -0.4 is 5.32 Å². The third kappa shape index (κ3) is 4.43. The van der Waals surface area contributed by atoms with E-state index in [0.717, 1.165) is 35.2 Å². The fourth-order valence-electron chi connectivity index (χ4n) is 1.59. The van der Waals surface area contributed by atoms with Crippen LogP contribution >= 0.6 is 23.1 Å². The number of halogens is 2. The molecule has 3 nitrogen and oxygen atoms in total. The molecular weight excluding hydrogens is 302 g/mol. The number of aromatic hydroxyl groups is 1. The Morgan fingerprint density at radius 1 is 1.30 bits per heavy atom. The second-order valence-corrected chi connectivity index (χ2v) is 6.32. The van der Waals surface area contributed by atoms with Crippen LogP contribution in [0.5, 0.6) is 5.75 Å². The first-order valence-corrected chi connectivity index (χ1v) is 7.93. The minimum Gasteiger partial charge on any atom is -0.503 e. The number of hydrogen-bond donors (Lipinski definition) is 2. The lowest BCUT2D eigenvalue weighted by Crippen LogP contribution is -2.15. The van der Waals surface area contributed by atoms with Crippen LogP contribution in [0.25, 0.3) is 0 Å². The molecule has 1 aromatic heterocycles. The predicted molar refractivity (Wildman–Crippen MR) is 77.2 cm³/mol. The highest BCUT2D eigenvalue weighted by Crippen LogP contribution is 2.22. The Morgan fingerprint density at radius 3 is 2.70 bits per heavy atom. The van der Waals surface area contributed by atoms with Gasteiger partial charge in [0, 0.05) is 23.9 Å². The van der Waals surface area contributed by atoms with Crippen molar-refractivity contribution in [1.29, 1.82) is 0 Å². The van der Waals surface area contributed by atoms with Crippen LogP contribution in [-0.4, -0.2) is 22.4 Å². The highest BCUT2D eigenvalue weighted by atomic mass is 32.2. The fraction of sp³-hybridized carbons (Fsp3) is 0.308. The molecule has 20 heavy (non-hydrogen) atoms. The number of thiazole rings is 1. The summed E-state index contributed by atoms with van der Waals surface area (Å²) in [7, 11) is 0. The molecule has 108 valence electrons. The van der Waals surface area contributed by atoms with Crippen LogP contribution in [0.1, 0.15) is 12.0 Å². The Bertz CT molecular complexity index is 526. The Morgan fingerprint density at radius 2 is 2.05 bits per heavy atom. The first kappa shape index (κ1) is 15.2. The smallest absolute Gasteiger partial charge is 0.187 e. The van der Waals surface area contributed by atoms with Crippen molar-refractivity contribution in [2.75, 3.05) is 12.3 Å². The van der Waals surface area contributed by atoms with Crippen LogP contribution in [-0.2, 0) is 6.54 Å². The summed E-state index contributed by atoms with van der Waals surface area (Å²) in [5, 5.41) is 14.0. The maximum Gasteiger partial charge on any atom is 0.187 e. The number of rotatable bonds is 7. The molecular formula is C13H14F2N2OS2. The van der Waals surface area contributed by atoms with Crippen LogP contribution in [0.3, 0.4) is 0 Å². The number of aromatic nitrogens is 1. The molecule has 0 aliphatic heterocycles. The second kappa shape index (κ2) is 7.56. The van der Waals surface area contributed by atoms with Gasteiger partial charge in [0.2, 0.25) is 0 Å². The van der Waals surface area contributed by atoms with Gasteiger partial charge in [-0.3, -0.25) is 0 Å². The van der Waals surface area contributed by atoms with Gasteiger partial charge in [-0.25, -0.2) is 13.8 Å². The average molecular weight is 316 g/mol. The Kier molecular flexibility index (Phi) is 5.75. The molecule has 1 aromatic carbocycles. The molecule has 0 amide bonds. The first-order chi connectivity index (χ1) is 9.66. The minimum absolute atomic E-state index is 0.371. The molecule has 2 rings (SSSR count). The quantitative estimate of drug-likeness (QED) is 0.607. The molecule has 0 atom stereocenters. The molecule has 0 aliphatic rings. The van der Waals surface area contributed by atoms with Crippen LogP contribution in [0, 0.1) is 11.6 Å². The maximum absolute atomic E-state index is 13.1. The summed E-state index contributed by atoms with van der Waals surface area (Å²) in [6.45, 7) is 1.12. The van der Waals surface area contributed by atoms with Gasteiger partial charge in [-0.05, 0) is 30.7 Å². The molecule has 0 saturated carbocycles. The van der Waals surface area contributed by atoms with Crippen LogP contribution in [0.15, 0.2) is 28.0 Å². The zero-order valence-electron chi connectivity index (χ0n) is 10.6. The summed E-state index contributed by atoms with van der Waals surface area (Å²) in [4.78, 5) is 4.16. The van der Waals surface area contributed by atoms with E-state index in [1.165, 1.54) is 0 Å². The average Bonchev–Trinajstić information content (AvgIpc) is 2.93. The van der Waals surface area contributed by atoms with Gasteiger partial charge in [0.05, 0.1) is 0 Å². The van der Waals surface area contributed by atoms with Crippen LogP contribution in [0.2, 0.25) is 0 Å². The predicted octanol–water partition coefficient (Wildman–Crippen LogP) is 3.40. The number of benzene rings is 1. The highest BCUT2D eigenvalue weighted by molar-refractivity contribution is 8.00. The van der Waals surface area contributed by atoms with Gasteiger partial charge >= 0.3 is 0 Å². The topological polar surface area (TPSA) is 45.1 Å². The number of phenols is 1. The summed E-state index contributed by atoms with van der Waals surface area (Å²) in [5.74, 6) is -1.84. The summed E-state index contributed by atoms with van der Waals surface area (Å²) in [6.07, 6.45) is 2.71. The molecule has 0 unspecified atom stereocenters. The molecule has 0 saturated heterocycles. The summed E-state index contributed by atoms with van der Waals surface area (Å²) < 4.78 is 27.2. The van der Waals surface area contributed by atoms with Crippen molar-refractivity contribution in [2.24, 2.45) is 0 Å².